The van der Waals surface area contributed by atoms with E-state index < -0.39 is 23.9 Å². The minimum absolute atomic E-state index is 0.127. The zero-order valence-electron chi connectivity index (χ0n) is 18.1. The Kier molecular flexibility index (Phi) is 5.25. The number of halogens is 2. The van der Waals surface area contributed by atoms with Gasteiger partial charge >= 0.3 is 0 Å². The Hall–Kier alpha value is -3.18. The summed E-state index contributed by atoms with van der Waals surface area (Å²) in [5, 5.41) is 11.2. The lowest BCUT2D eigenvalue weighted by Crippen LogP contribution is -2.59. The molecule has 1 aliphatic carbocycles. The van der Waals surface area contributed by atoms with Gasteiger partial charge in [0.2, 0.25) is 0 Å². The quantitative estimate of drug-likeness (QED) is 0.475. The van der Waals surface area contributed by atoms with Gasteiger partial charge in [0.25, 0.3) is 11.8 Å². The van der Waals surface area contributed by atoms with E-state index in [-0.39, 0.29) is 11.4 Å². The monoisotopic (exact) mass is 471 g/mol. The van der Waals surface area contributed by atoms with Gasteiger partial charge in [0.15, 0.2) is 5.01 Å². The molecular weight excluding hydrogens is 448 g/mol. The van der Waals surface area contributed by atoms with Gasteiger partial charge in [0, 0.05) is 53.5 Å². The van der Waals surface area contributed by atoms with Crippen LogP contribution in [-0.4, -0.2) is 48.3 Å². The van der Waals surface area contributed by atoms with Gasteiger partial charge in [-0.3, -0.25) is 9.48 Å². The topological polar surface area (TPSA) is 103 Å². The number of nitrogens with two attached hydrogens (primary N) is 1. The van der Waals surface area contributed by atoms with E-state index in [9.17, 15) is 13.6 Å². The Morgan fingerprint density at radius 1 is 1.24 bits per heavy atom. The fourth-order valence-electron chi connectivity index (χ4n) is 4.28. The molecule has 1 aliphatic rings. The number of carbonyl (C=O) groups is 1. The molecule has 33 heavy (non-hydrogen) atoms. The SMILES string of the molecule is Cc1sc(C(=O)NC2C(N)CCCC2(F)F)nc1-c1cnn2cc(-c3cnn(C)c3)ccc12. The predicted molar refractivity (Wildman–Crippen MR) is 121 cm³/mol. The maximum absolute atomic E-state index is 14.3. The highest BCUT2D eigenvalue weighted by Gasteiger charge is 2.46. The highest BCUT2D eigenvalue weighted by Crippen LogP contribution is 2.34. The van der Waals surface area contributed by atoms with Crippen LogP contribution >= 0.6 is 11.3 Å². The number of hydrogen-bond donors (Lipinski definition) is 2. The summed E-state index contributed by atoms with van der Waals surface area (Å²) in [6, 6.07) is 1.73. The van der Waals surface area contributed by atoms with E-state index in [1.54, 1.807) is 21.6 Å². The average Bonchev–Trinajstić information content (AvgIpc) is 3.48. The van der Waals surface area contributed by atoms with Crippen LogP contribution in [0, 0.1) is 6.92 Å². The predicted octanol–water partition coefficient (Wildman–Crippen LogP) is 3.41. The van der Waals surface area contributed by atoms with Crippen LogP contribution in [0.25, 0.3) is 27.9 Å². The summed E-state index contributed by atoms with van der Waals surface area (Å²) in [6.45, 7) is 1.85. The summed E-state index contributed by atoms with van der Waals surface area (Å²) in [4.78, 5) is 18.0. The standard InChI is InChI=1S/C22H23F2N7OS/c1-12-18(28-21(33-12)20(32)29-19-16(25)4-3-7-22(19,23)24)15-9-27-31-11-13(5-6-17(15)31)14-8-26-30(2)10-14/h5-6,8-11,16,19H,3-4,7,25H2,1-2H3,(H,29,32). The second-order valence-electron chi connectivity index (χ2n) is 8.40. The van der Waals surface area contributed by atoms with Crippen molar-refractivity contribution in [1.82, 2.24) is 29.7 Å². The molecule has 1 saturated carbocycles. The second-order valence-corrected chi connectivity index (χ2v) is 9.60. The third-order valence-electron chi connectivity index (χ3n) is 6.02. The molecule has 4 aromatic rings. The number of aromatic nitrogens is 5. The molecule has 0 aromatic carbocycles. The normalized spacial score (nSPS) is 20.3. The second kappa shape index (κ2) is 7.99. The molecule has 2 unspecified atom stereocenters. The van der Waals surface area contributed by atoms with Gasteiger partial charge in [-0.15, -0.1) is 11.3 Å². The summed E-state index contributed by atoms with van der Waals surface area (Å²) in [7, 11) is 1.86. The van der Waals surface area contributed by atoms with Gasteiger partial charge in [0.1, 0.15) is 6.04 Å². The lowest BCUT2D eigenvalue weighted by molar-refractivity contribution is -0.0674. The Morgan fingerprint density at radius 3 is 2.79 bits per heavy atom. The maximum atomic E-state index is 14.3. The first-order valence-electron chi connectivity index (χ1n) is 10.6. The molecule has 4 aromatic heterocycles. The van der Waals surface area contributed by atoms with Crippen LogP contribution in [0.4, 0.5) is 8.78 Å². The van der Waals surface area contributed by atoms with Crippen LogP contribution in [0.3, 0.4) is 0 Å². The smallest absolute Gasteiger partial charge is 0.280 e. The fraction of sp³-hybridized carbons (Fsp3) is 0.364. The van der Waals surface area contributed by atoms with Crippen molar-refractivity contribution in [2.45, 2.75) is 44.2 Å². The van der Waals surface area contributed by atoms with Gasteiger partial charge in [-0.1, -0.05) is 6.07 Å². The molecule has 2 atom stereocenters. The molecule has 1 amide bonds. The van der Waals surface area contributed by atoms with E-state index in [0.717, 1.165) is 27.1 Å². The number of nitrogens with zero attached hydrogens (tertiary/aromatic N) is 5. The van der Waals surface area contributed by atoms with Crippen molar-refractivity contribution in [2.24, 2.45) is 12.8 Å². The fourth-order valence-corrected chi connectivity index (χ4v) is 5.11. The van der Waals surface area contributed by atoms with E-state index in [1.165, 1.54) is 11.3 Å². The highest BCUT2D eigenvalue weighted by molar-refractivity contribution is 7.14. The van der Waals surface area contributed by atoms with Gasteiger partial charge < -0.3 is 11.1 Å². The Balaban J connectivity index is 1.43. The molecule has 0 aliphatic heterocycles. The number of thiazole rings is 1. The largest absolute Gasteiger partial charge is 0.340 e. The molecule has 8 nitrogen and oxygen atoms in total. The Labute approximate surface area is 192 Å². The zero-order chi connectivity index (χ0) is 23.3. The highest BCUT2D eigenvalue weighted by atomic mass is 32.1. The minimum Gasteiger partial charge on any atom is -0.340 e. The number of nitrogens with one attached hydrogen (secondary N) is 1. The van der Waals surface area contributed by atoms with Crippen molar-refractivity contribution >= 4 is 22.8 Å². The number of alkyl halides is 2. The van der Waals surface area contributed by atoms with Gasteiger partial charge in [-0.2, -0.15) is 10.2 Å². The van der Waals surface area contributed by atoms with E-state index >= 15 is 0 Å². The first kappa shape index (κ1) is 21.7. The third kappa shape index (κ3) is 3.91. The van der Waals surface area contributed by atoms with Crippen molar-refractivity contribution in [3.63, 3.8) is 0 Å². The molecule has 0 saturated heterocycles. The summed E-state index contributed by atoms with van der Waals surface area (Å²) in [5.41, 5.74) is 10.0. The molecule has 11 heteroatoms. The molecule has 0 bridgehead atoms. The van der Waals surface area contributed by atoms with E-state index in [2.05, 4.69) is 20.5 Å². The number of aryl methyl sites for hydroxylation is 2. The maximum Gasteiger partial charge on any atom is 0.280 e. The van der Waals surface area contributed by atoms with Crippen LogP contribution < -0.4 is 11.1 Å². The van der Waals surface area contributed by atoms with Crippen molar-refractivity contribution in [3.05, 3.63) is 46.8 Å². The van der Waals surface area contributed by atoms with Crippen LogP contribution in [0.1, 0.15) is 33.9 Å². The van der Waals surface area contributed by atoms with E-state index in [1.807, 2.05) is 38.5 Å². The number of pyridine rings is 1. The van der Waals surface area contributed by atoms with Crippen molar-refractivity contribution in [3.8, 4) is 22.4 Å². The lowest BCUT2D eigenvalue weighted by Gasteiger charge is -2.36. The number of carbonyl (C=O) groups excluding carboxylic acids is 1. The minimum atomic E-state index is -3.03. The Morgan fingerprint density at radius 2 is 2.06 bits per heavy atom. The van der Waals surface area contributed by atoms with Crippen LogP contribution in [-0.2, 0) is 7.05 Å². The Bertz CT molecular complexity index is 1340. The van der Waals surface area contributed by atoms with E-state index in [0.29, 0.717) is 18.5 Å². The number of hydrogen-bond acceptors (Lipinski definition) is 6. The average molecular weight is 472 g/mol. The molecule has 5 rings (SSSR count). The van der Waals surface area contributed by atoms with Crippen LogP contribution in [0.2, 0.25) is 0 Å². The number of fused-ring (bicyclic) bond motifs is 1. The third-order valence-corrected chi connectivity index (χ3v) is 6.99. The van der Waals surface area contributed by atoms with Crippen molar-refractivity contribution in [2.75, 3.05) is 0 Å². The molecule has 3 N–H and O–H groups in total. The summed E-state index contributed by atoms with van der Waals surface area (Å²) in [5.74, 6) is -3.66. The van der Waals surface area contributed by atoms with Gasteiger partial charge in [0.05, 0.1) is 23.6 Å². The molecule has 0 spiro atoms. The van der Waals surface area contributed by atoms with Crippen LogP contribution in [0.15, 0.2) is 36.9 Å². The molecule has 172 valence electrons. The molecule has 0 radical (unpaired) electrons. The summed E-state index contributed by atoms with van der Waals surface area (Å²) < 4.78 is 32.1. The lowest BCUT2D eigenvalue weighted by atomic mass is 9.87. The van der Waals surface area contributed by atoms with Gasteiger partial charge in [-0.05, 0) is 25.8 Å². The number of rotatable bonds is 4. The molecule has 4 heterocycles. The number of amides is 1. The molecule has 1 fully saturated rings. The van der Waals surface area contributed by atoms with Crippen molar-refractivity contribution in [1.29, 1.82) is 0 Å². The first-order valence-corrected chi connectivity index (χ1v) is 11.4. The first-order chi connectivity index (χ1) is 15.7. The van der Waals surface area contributed by atoms with Gasteiger partial charge in [-0.25, -0.2) is 18.3 Å². The van der Waals surface area contributed by atoms with Crippen LogP contribution in [0.5, 0.6) is 0 Å². The molecular formula is C22H23F2N7OS. The van der Waals surface area contributed by atoms with Crippen molar-refractivity contribution < 1.29 is 13.6 Å². The summed E-state index contributed by atoms with van der Waals surface area (Å²) in [6.07, 6.45) is 7.81. The summed E-state index contributed by atoms with van der Waals surface area (Å²) >= 11 is 1.17. The van der Waals surface area contributed by atoms with E-state index in [4.69, 9.17) is 5.73 Å². The zero-order valence-corrected chi connectivity index (χ0v) is 18.9.